The Morgan fingerprint density at radius 1 is 1.25 bits per heavy atom. The summed E-state index contributed by atoms with van der Waals surface area (Å²) in [6.07, 6.45) is 0. The van der Waals surface area contributed by atoms with Gasteiger partial charge in [-0.2, -0.15) is 0 Å². The van der Waals surface area contributed by atoms with Crippen molar-refractivity contribution >= 4 is 0 Å². The van der Waals surface area contributed by atoms with E-state index in [1.54, 1.807) is 19.1 Å². The van der Waals surface area contributed by atoms with Crippen molar-refractivity contribution in [1.82, 2.24) is 4.90 Å². The zero-order chi connectivity index (χ0) is 12.6. The minimum Gasteiger partial charge on any atom is -0.492 e. The van der Waals surface area contributed by atoms with Crippen LogP contribution < -0.4 is 4.74 Å². The van der Waals surface area contributed by atoms with Crippen molar-refractivity contribution in [3.05, 3.63) is 29.6 Å². The van der Waals surface area contributed by atoms with Crippen LogP contribution in [0.5, 0.6) is 5.75 Å². The van der Waals surface area contributed by atoms with Gasteiger partial charge in [-0.15, -0.1) is 0 Å². The van der Waals surface area contributed by atoms with Crippen molar-refractivity contribution in [3.63, 3.8) is 0 Å². The molecule has 16 heavy (non-hydrogen) atoms. The largest absolute Gasteiger partial charge is 0.492 e. The predicted octanol–water partition coefficient (Wildman–Crippen LogP) is 3.10. The third-order valence-corrected chi connectivity index (χ3v) is 1.95. The first kappa shape index (κ1) is 14.9. The summed E-state index contributed by atoms with van der Waals surface area (Å²) in [7, 11) is 3.94. The van der Waals surface area contributed by atoms with Gasteiger partial charge in [0.05, 0.1) is 0 Å². The number of benzene rings is 1. The number of nitrogens with zero attached hydrogens (tertiary/aromatic N) is 1. The summed E-state index contributed by atoms with van der Waals surface area (Å²) in [5.41, 5.74) is 0.643. The molecule has 0 aliphatic carbocycles. The molecule has 92 valence electrons. The van der Waals surface area contributed by atoms with E-state index in [9.17, 15) is 4.39 Å². The molecule has 0 radical (unpaired) electrons. The number of hydrogen-bond donors (Lipinski definition) is 0. The second-order valence-electron chi connectivity index (χ2n) is 3.56. The van der Waals surface area contributed by atoms with Gasteiger partial charge in [-0.3, -0.25) is 0 Å². The van der Waals surface area contributed by atoms with Crippen LogP contribution in [-0.2, 0) is 0 Å². The lowest BCUT2D eigenvalue weighted by Gasteiger charge is -2.11. The Balaban J connectivity index is 0.00000106. The van der Waals surface area contributed by atoms with Crippen LogP contribution in [0.15, 0.2) is 18.2 Å². The average Bonchev–Trinajstić information content (AvgIpc) is 2.26. The van der Waals surface area contributed by atoms with Crippen molar-refractivity contribution in [2.45, 2.75) is 20.8 Å². The molecule has 0 bridgehead atoms. The molecular weight excluding hydrogens is 205 g/mol. The normalized spacial score (nSPS) is 9.69. The Labute approximate surface area is 98.0 Å². The van der Waals surface area contributed by atoms with Gasteiger partial charge in [-0.05, 0) is 32.6 Å². The summed E-state index contributed by atoms with van der Waals surface area (Å²) >= 11 is 0. The fourth-order valence-electron chi connectivity index (χ4n) is 1.01. The number of ether oxygens (including phenoxy) is 1. The average molecular weight is 227 g/mol. The zero-order valence-corrected chi connectivity index (χ0v) is 10.9. The molecule has 0 amide bonds. The third-order valence-electron chi connectivity index (χ3n) is 1.95. The Hall–Kier alpha value is -1.09. The van der Waals surface area contributed by atoms with Gasteiger partial charge < -0.3 is 9.64 Å². The molecule has 0 heterocycles. The molecule has 0 saturated carbocycles. The summed E-state index contributed by atoms with van der Waals surface area (Å²) in [6.45, 7) is 7.14. The van der Waals surface area contributed by atoms with Crippen LogP contribution in [0.3, 0.4) is 0 Å². The summed E-state index contributed by atoms with van der Waals surface area (Å²) in [5, 5.41) is 0. The molecule has 0 atom stereocenters. The molecule has 0 N–H and O–H groups in total. The van der Waals surface area contributed by atoms with Crippen molar-refractivity contribution in [2.75, 3.05) is 27.2 Å². The van der Waals surface area contributed by atoms with E-state index < -0.39 is 0 Å². The SMILES string of the molecule is CC.Cc1ccc(OCCN(C)C)cc1F. The Bertz CT molecular complexity index is 300. The highest BCUT2D eigenvalue weighted by atomic mass is 19.1. The number of likely N-dealkylation sites (N-methyl/N-ethyl adjacent to an activating group) is 1. The fourth-order valence-corrected chi connectivity index (χ4v) is 1.01. The van der Waals surface area contributed by atoms with Crippen LogP contribution in [0, 0.1) is 12.7 Å². The molecule has 0 aromatic heterocycles. The van der Waals surface area contributed by atoms with E-state index >= 15 is 0 Å². The third kappa shape index (κ3) is 5.71. The number of hydrogen-bond acceptors (Lipinski definition) is 2. The van der Waals surface area contributed by atoms with Gasteiger partial charge in [-0.25, -0.2) is 4.39 Å². The van der Waals surface area contributed by atoms with E-state index in [1.807, 2.05) is 32.8 Å². The highest BCUT2D eigenvalue weighted by Gasteiger charge is 1.99. The van der Waals surface area contributed by atoms with E-state index in [-0.39, 0.29) is 5.82 Å². The molecule has 0 aliphatic rings. The van der Waals surface area contributed by atoms with Crippen molar-refractivity contribution < 1.29 is 9.13 Å². The van der Waals surface area contributed by atoms with Gasteiger partial charge in [-0.1, -0.05) is 19.9 Å². The minimum absolute atomic E-state index is 0.215. The molecule has 1 aromatic carbocycles. The molecule has 3 heteroatoms. The van der Waals surface area contributed by atoms with Crippen LogP contribution >= 0.6 is 0 Å². The van der Waals surface area contributed by atoms with Crippen LogP contribution in [0.25, 0.3) is 0 Å². The second-order valence-corrected chi connectivity index (χ2v) is 3.56. The number of aryl methyl sites for hydroxylation is 1. The van der Waals surface area contributed by atoms with E-state index in [0.29, 0.717) is 17.9 Å². The van der Waals surface area contributed by atoms with Crippen molar-refractivity contribution in [1.29, 1.82) is 0 Å². The lowest BCUT2D eigenvalue weighted by molar-refractivity contribution is 0.260. The first-order chi connectivity index (χ1) is 7.59. The molecule has 0 spiro atoms. The quantitative estimate of drug-likeness (QED) is 0.783. The van der Waals surface area contributed by atoms with Gasteiger partial charge in [0.25, 0.3) is 0 Å². The molecule has 0 fully saturated rings. The van der Waals surface area contributed by atoms with Gasteiger partial charge >= 0.3 is 0 Å². The first-order valence-corrected chi connectivity index (χ1v) is 5.63. The molecule has 2 nitrogen and oxygen atoms in total. The molecule has 0 aliphatic heterocycles. The number of halogens is 1. The van der Waals surface area contributed by atoms with Gasteiger partial charge in [0.15, 0.2) is 0 Å². The Kier molecular flexibility index (Phi) is 7.56. The highest BCUT2D eigenvalue weighted by molar-refractivity contribution is 5.27. The van der Waals surface area contributed by atoms with Gasteiger partial charge in [0, 0.05) is 12.6 Å². The van der Waals surface area contributed by atoms with Crippen LogP contribution in [0.4, 0.5) is 4.39 Å². The van der Waals surface area contributed by atoms with E-state index in [4.69, 9.17) is 4.74 Å². The first-order valence-electron chi connectivity index (χ1n) is 5.63. The van der Waals surface area contributed by atoms with E-state index in [2.05, 4.69) is 0 Å². The second kappa shape index (κ2) is 8.11. The van der Waals surface area contributed by atoms with Crippen LogP contribution in [0.1, 0.15) is 19.4 Å². The lowest BCUT2D eigenvalue weighted by atomic mass is 10.2. The van der Waals surface area contributed by atoms with Crippen molar-refractivity contribution in [3.8, 4) is 5.75 Å². The van der Waals surface area contributed by atoms with Crippen LogP contribution in [0.2, 0.25) is 0 Å². The molecule has 1 aromatic rings. The zero-order valence-electron chi connectivity index (χ0n) is 10.9. The Morgan fingerprint density at radius 3 is 2.38 bits per heavy atom. The summed E-state index contributed by atoms with van der Waals surface area (Å²) in [4.78, 5) is 2.02. The molecule has 0 unspecified atom stereocenters. The maximum Gasteiger partial charge on any atom is 0.129 e. The summed E-state index contributed by atoms with van der Waals surface area (Å²) < 4.78 is 18.4. The topological polar surface area (TPSA) is 12.5 Å². The molecular formula is C13H22FNO. The van der Waals surface area contributed by atoms with Gasteiger partial charge in [0.2, 0.25) is 0 Å². The maximum atomic E-state index is 13.1. The standard InChI is InChI=1S/C11H16FNO.C2H6/c1-9-4-5-10(8-11(9)12)14-7-6-13(2)3;1-2/h4-5,8H,6-7H2,1-3H3;1-2H3. The van der Waals surface area contributed by atoms with E-state index in [1.165, 1.54) is 6.07 Å². The van der Waals surface area contributed by atoms with Crippen LogP contribution in [-0.4, -0.2) is 32.1 Å². The van der Waals surface area contributed by atoms with Gasteiger partial charge in [0.1, 0.15) is 18.2 Å². The molecule has 1 rings (SSSR count). The monoisotopic (exact) mass is 227 g/mol. The Morgan fingerprint density at radius 2 is 1.88 bits per heavy atom. The summed E-state index contributed by atoms with van der Waals surface area (Å²) in [6, 6.07) is 4.93. The highest BCUT2D eigenvalue weighted by Crippen LogP contribution is 2.15. The predicted molar refractivity (Wildman–Crippen MR) is 66.5 cm³/mol. The maximum absolute atomic E-state index is 13.1. The van der Waals surface area contributed by atoms with Crippen molar-refractivity contribution in [2.24, 2.45) is 0 Å². The molecule has 0 saturated heterocycles. The fraction of sp³-hybridized carbons (Fsp3) is 0.538. The lowest BCUT2D eigenvalue weighted by Crippen LogP contribution is -2.19. The number of rotatable bonds is 4. The minimum atomic E-state index is -0.215. The smallest absolute Gasteiger partial charge is 0.129 e. The van der Waals surface area contributed by atoms with E-state index in [0.717, 1.165) is 6.54 Å². The summed E-state index contributed by atoms with van der Waals surface area (Å²) in [5.74, 6) is 0.377.